The molecule has 0 aliphatic carbocycles. The molecule has 0 N–H and O–H groups in total. The molecule has 4 nitrogen and oxygen atoms in total. The second-order valence-corrected chi connectivity index (χ2v) is 22.1. The molecule has 0 saturated heterocycles. The highest BCUT2D eigenvalue weighted by Crippen LogP contribution is 2.52. The van der Waals surface area contributed by atoms with Gasteiger partial charge in [-0.05, 0) is 113 Å². The van der Waals surface area contributed by atoms with Crippen LogP contribution in [0.1, 0.15) is 0 Å². The van der Waals surface area contributed by atoms with E-state index in [1.54, 1.807) is 0 Å². The van der Waals surface area contributed by atoms with E-state index in [2.05, 4.69) is 262 Å². The van der Waals surface area contributed by atoms with Gasteiger partial charge in [0.25, 0.3) is 0 Å². The molecule has 2 aromatic heterocycles. The third kappa shape index (κ3) is 5.53. The number of rotatable bonds is 4. The lowest BCUT2D eigenvalue weighted by atomic mass is 9.31. The first-order valence-corrected chi connectivity index (χ1v) is 27.1. The fourth-order valence-corrected chi connectivity index (χ4v) is 15.7. The Morgan fingerprint density at radius 2 is 0.649 bits per heavy atom. The highest BCUT2D eigenvalue weighted by Gasteiger charge is 2.48. The van der Waals surface area contributed by atoms with Crippen molar-refractivity contribution in [3.63, 3.8) is 0 Å². The summed E-state index contributed by atoms with van der Waals surface area (Å²) in [6.45, 7) is -0.0435. The molecule has 4 aliphatic heterocycles. The van der Waals surface area contributed by atoms with Crippen LogP contribution in [0.5, 0.6) is 0 Å². The highest BCUT2D eigenvalue weighted by molar-refractivity contribution is 8.00. The van der Waals surface area contributed by atoms with Crippen LogP contribution in [0.3, 0.4) is 0 Å². The molecule has 0 atom stereocenters. The average Bonchev–Trinajstić information content (AvgIpc) is 3.98. The zero-order valence-electron chi connectivity index (χ0n) is 39.9. The van der Waals surface area contributed by atoms with Crippen molar-refractivity contribution in [3.05, 3.63) is 243 Å². The molecule has 11 aromatic carbocycles. The smallest absolute Gasteiger partial charge is 0.249 e. The lowest BCUT2D eigenvalue weighted by Crippen LogP contribution is -2.64. The second-order valence-electron chi connectivity index (χ2n) is 19.9. The minimum atomic E-state index is -0.0217. The van der Waals surface area contributed by atoms with Crippen molar-refractivity contribution in [2.24, 2.45) is 0 Å². The van der Waals surface area contributed by atoms with Crippen LogP contribution < -0.4 is 42.6 Å². The molecule has 6 heterocycles. The molecule has 17 rings (SSSR count). The van der Waals surface area contributed by atoms with Crippen LogP contribution in [0.25, 0.3) is 55.0 Å². The van der Waals surface area contributed by atoms with Crippen molar-refractivity contribution in [1.29, 1.82) is 0 Å². The van der Waals surface area contributed by atoms with E-state index in [-0.39, 0.29) is 13.4 Å². The Balaban J connectivity index is 1.05. The van der Waals surface area contributed by atoms with Crippen molar-refractivity contribution in [1.82, 2.24) is 9.13 Å². The van der Waals surface area contributed by atoms with Gasteiger partial charge in [0.15, 0.2) is 0 Å². The molecule has 0 spiro atoms. The molecule has 0 saturated carbocycles. The SMILES string of the molecule is c1ccc(N2c3cc4c(cc3B3c5ccccc5Sc5cc6c(c2c53)c2ccccc2n6-c2ccccc2)B2c3ccccc3Sc3cc5c(c(c32)N4c2ccccc2)c2ccccc2n5-c2ccccc2)cc1. The summed E-state index contributed by atoms with van der Waals surface area (Å²) in [5, 5.41) is 5.03. The minimum absolute atomic E-state index is 0.0217. The number of anilines is 6. The number of hydrogen-bond donors (Lipinski definition) is 0. The number of nitrogens with zero attached hydrogens (tertiary/aromatic N) is 4. The average molecular weight is 975 g/mol. The first-order chi connectivity index (χ1) is 36.8. The Labute approximate surface area is 437 Å². The first kappa shape index (κ1) is 41.0. The van der Waals surface area contributed by atoms with Crippen molar-refractivity contribution in [3.8, 4) is 11.4 Å². The van der Waals surface area contributed by atoms with Crippen LogP contribution in [0.2, 0.25) is 0 Å². The van der Waals surface area contributed by atoms with Gasteiger partial charge in [-0.25, -0.2) is 0 Å². The third-order valence-electron chi connectivity index (χ3n) is 16.1. The monoisotopic (exact) mass is 974 g/mol. The Bertz CT molecular complexity index is 4230. The maximum atomic E-state index is 2.65. The maximum Gasteiger partial charge on any atom is 0.249 e. The van der Waals surface area contributed by atoms with Gasteiger partial charge in [-0.15, -0.1) is 0 Å². The summed E-state index contributed by atoms with van der Waals surface area (Å²) in [6, 6.07) is 90.9. The number of fused-ring (bicyclic) bond motifs is 16. The predicted molar refractivity (Wildman–Crippen MR) is 315 cm³/mol. The van der Waals surface area contributed by atoms with Crippen LogP contribution in [0.4, 0.5) is 34.1 Å². The van der Waals surface area contributed by atoms with Gasteiger partial charge in [0.05, 0.1) is 33.4 Å². The number of aromatic nitrogens is 2. The van der Waals surface area contributed by atoms with Gasteiger partial charge in [0.1, 0.15) is 0 Å². The molecular weight excluding hydrogens is 935 g/mol. The van der Waals surface area contributed by atoms with E-state index in [0.29, 0.717) is 0 Å². The third-order valence-corrected chi connectivity index (χ3v) is 18.4. The van der Waals surface area contributed by atoms with E-state index >= 15 is 0 Å². The van der Waals surface area contributed by atoms with Crippen molar-refractivity contribution in [2.75, 3.05) is 9.80 Å². The van der Waals surface area contributed by atoms with Gasteiger partial charge in [-0.3, -0.25) is 0 Å². The summed E-state index contributed by atoms with van der Waals surface area (Å²) in [4.78, 5) is 10.5. The topological polar surface area (TPSA) is 16.3 Å². The second kappa shape index (κ2) is 15.5. The molecule has 74 heavy (non-hydrogen) atoms. The van der Waals surface area contributed by atoms with Gasteiger partial charge >= 0.3 is 0 Å². The number of para-hydroxylation sites is 6. The molecular formula is C66H40B2N4S2. The molecule has 13 aromatic rings. The predicted octanol–water partition coefficient (Wildman–Crippen LogP) is 13.4. The summed E-state index contributed by atoms with van der Waals surface area (Å²) >= 11 is 3.85. The van der Waals surface area contributed by atoms with Crippen LogP contribution in [0, 0.1) is 0 Å². The molecule has 342 valence electrons. The van der Waals surface area contributed by atoms with Crippen LogP contribution in [-0.4, -0.2) is 22.6 Å². The Hall–Kier alpha value is -8.55. The van der Waals surface area contributed by atoms with E-state index in [9.17, 15) is 0 Å². The van der Waals surface area contributed by atoms with E-state index < -0.39 is 0 Å². The summed E-state index contributed by atoms with van der Waals surface area (Å²) in [6.07, 6.45) is 0. The van der Waals surface area contributed by atoms with Gasteiger partial charge in [-0.1, -0.05) is 186 Å². The van der Waals surface area contributed by atoms with Crippen molar-refractivity contribution < 1.29 is 0 Å². The Morgan fingerprint density at radius 3 is 1.08 bits per heavy atom. The van der Waals surface area contributed by atoms with Gasteiger partial charge < -0.3 is 18.9 Å². The fourth-order valence-electron chi connectivity index (χ4n) is 13.3. The summed E-state index contributed by atoms with van der Waals surface area (Å²) in [7, 11) is 0. The zero-order chi connectivity index (χ0) is 48.2. The Kier molecular flexibility index (Phi) is 8.57. The fraction of sp³-hybridized carbons (Fsp3) is 0. The Morgan fingerprint density at radius 1 is 0.284 bits per heavy atom. The lowest BCUT2D eigenvalue weighted by molar-refractivity contribution is 1.17. The summed E-state index contributed by atoms with van der Waals surface area (Å²) in [5.74, 6) is 0. The normalized spacial score (nSPS) is 13.7. The lowest BCUT2D eigenvalue weighted by Gasteiger charge is -2.45. The van der Waals surface area contributed by atoms with Crippen LogP contribution in [-0.2, 0) is 0 Å². The largest absolute Gasteiger partial charge is 0.311 e. The summed E-state index contributed by atoms with van der Waals surface area (Å²) < 4.78 is 4.98. The van der Waals surface area contributed by atoms with E-state index in [4.69, 9.17) is 0 Å². The number of benzene rings is 11. The van der Waals surface area contributed by atoms with Crippen LogP contribution >= 0.6 is 23.5 Å². The molecule has 0 radical (unpaired) electrons. The van der Waals surface area contributed by atoms with E-state index in [1.807, 2.05) is 23.5 Å². The number of hydrogen-bond acceptors (Lipinski definition) is 4. The van der Waals surface area contributed by atoms with Gasteiger partial charge in [0, 0.05) is 75.3 Å². The first-order valence-electron chi connectivity index (χ1n) is 25.5. The zero-order valence-corrected chi connectivity index (χ0v) is 41.5. The van der Waals surface area contributed by atoms with Crippen LogP contribution in [0.15, 0.2) is 262 Å². The van der Waals surface area contributed by atoms with E-state index in [1.165, 1.54) is 119 Å². The molecule has 0 fully saturated rings. The summed E-state index contributed by atoms with van der Waals surface area (Å²) in [5.41, 5.74) is 22.4. The molecule has 0 unspecified atom stereocenters. The standard InChI is InChI=1S/C66H40B2N4S2/c1-5-21-41(22-6-1)69-51-33-17-13-29-45(51)61-55(69)39-59-63-65(61)71(43-25-9-3-10-26-43)53-38-54-50(37-49(53)67(63)47-31-15-19-35-57(47)73-59)68-48-32-16-20-36-58(48)74-60-40-56-62(66(64(60)68)72(54)44-27-11-4-12-28-44)46-30-14-18-34-52(46)70(56)42-23-7-2-8-24-42/h1-40H. The molecule has 0 bridgehead atoms. The molecule has 4 aliphatic rings. The molecule has 8 heteroatoms. The minimum Gasteiger partial charge on any atom is -0.311 e. The quantitative estimate of drug-likeness (QED) is 0.163. The van der Waals surface area contributed by atoms with Crippen molar-refractivity contribution >= 4 is 147 Å². The highest BCUT2D eigenvalue weighted by atomic mass is 32.2. The molecule has 0 amide bonds. The van der Waals surface area contributed by atoms with Gasteiger partial charge in [0.2, 0.25) is 13.4 Å². The maximum absolute atomic E-state index is 2.65. The van der Waals surface area contributed by atoms with Crippen molar-refractivity contribution in [2.45, 2.75) is 19.6 Å². The van der Waals surface area contributed by atoms with Gasteiger partial charge in [-0.2, -0.15) is 0 Å². The van der Waals surface area contributed by atoms with E-state index in [0.717, 1.165) is 22.7 Å².